The van der Waals surface area contributed by atoms with Gasteiger partial charge in [-0.1, -0.05) is 24.3 Å². The van der Waals surface area contributed by atoms with Gasteiger partial charge >= 0.3 is 0 Å². The Balaban J connectivity index is 2.32. The van der Waals surface area contributed by atoms with E-state index in [1.807, 2.05) is 0 Å². The van der Waals surface area contributed by atoms with Crippen LogP contribution in [0, 0.1) is 0 Å². The number of hydrogen-bond donors (Lipinski definition) is 0. The van der Waals surface area contributed by atoms with Crippen molar-refractivity contribution in [3.8, 4) is 0 Å². The minimum absolute atomic E-state index is 0.249. The summed E-state index contributed by atoms with van der Waals surface area (Å²) in [5.74, 6) is -0.499. The third-order valence-corrected chi connectivity index (χ3v) is 3.44. The number of azo groups is 2. The Kier molecular flexibility index (Phi) is 3.42. The number of hydrogen-bond acceptors (Lipinski definition) is 6. The highest BCUT2D eigenvalue weighted by Crippen LogP contribution is 2.37. The predicted molar refractivity (Wildman–Crippen MR) is 80.6 cm³/mol. The molecule has 0 aliphatic heterocycles. The first-order chi connectivity index (χ1) is 10.7. The normalized spacial score (nSPS) is 13.7. The molecule has 0 saturated carbocycles. The summed E-state index contributed by atoms with van der Waals surface area (Å²) in [6.45, 7) is 0. The number of carbonyl (C=O) groups excluding carboxylic acids is 2. The maximum absolute atomic E-state index is 12.8. The van der Waals surface area contributed by atoms with Crippen molar-refractivity contribution in [2.45, 2.75) is 0 Å². The van der Waals surface area contributed by atoms with Crippen LogP contribution in [-0.4, -0.2) is 25.7 Å². The molecule has 0 fully saturated rings. The van der Waals surface area contributed by atoms with E-state index in [1.165, 1.54) is 14.1 Å². The lowest BCUT2D eigenvalue weighted by Gasteiger charge is -2.19. The fourth-order valence-electron chi connectivity index (χ4n) is 2.59. The number of carbonyl (C=O) groups is 2. The summed E-state index contributed by atoms with van der Waals surface area (Å²) < 4.78 is 0. The molecule has 1 aliphatic rings. The van der Waals surface area contributed by atoms with Gasteiger partial charge in [0.05, 0.1) is 22.5 Å². The van der Waals surface area contributed by atoms with Crippen molar-refractivity contribution in [3.05, 3.63) is 58.7 Å². The van der Waals surface area contributed by atoms with E-state index in [0.717, 1.165) is 0 Å². The van der Waals surface area contributed by atoms with Gasteiger partial charge in [0, 0.05) is 25.2 Å². The molecule has 0 heterocycles. The van der Waals surface area contributed by atoms with E-state index >= 15 is 0 Å². The van der Waals surface area contributed by atoms with E-state index in [0.29, 0.717) is 22.5 Å². The summed E-state index contributed by atoms with van der Waals surface area (Å²) >= 11 is 0. The quantitative estimate of drug-likeness (QED) is 0.671. The van der Waals surface area contributed by atoms with E-state index < -0.39 is 0 Å². The van der Waals surface area contributed by atoms with Crippen LogP contribution in [0.4, 0.5) is 11.4 Å². The molecule has 0 radical (unpaired) electrons. The molecule has 22 heavy (non-hydrogen) atoms. The Labute approximate surface area is 126 Å². The van der Waals surface area contributed by atoms with Crippen LogP contribution in [0.15, 0.2) is 56.9 Å². The van der Waals surface area contributed by atoms with Gasteiger partial charge in [-0.05, 0) is 12.1 Å². The van der Waals surface area contributed by atoms with Crippen molar-refractivity contribution < 1.29 is 9.59 Å². The molecule has 0 spiro atoms. The monoisotopic (exact) mass is 292 g/mol. The molecule has 2 aromatic rings. The van der Waals surface area contributed by atoms with Gasteiger partial charge in [-0.3, -0.25) is 9.59 Å². The van der Waals surface area contributed by atoms with Crippen LogP contribution in [0.5, 0.6) is 0 Å². The minimum atomic E-state index is -0.249. The second kappa shape index (κ2) is 5.40. The summed E-state index contributed by atoms with van der Waals surface area (Å²) in [7, 11) is 3.03. The lowest BCUT2D eigenvalue weighted by atomic mass is 9.82. The summed E-state index contributed by atoms with van der Waals surface area (Å²) in [5, 5.41) is 15.3. The fraction of sp³-hybridized carbons (Fsp3) is 0.125. The predicted octanol–water partition coefficient (Wildman–Crippen LogP) is 3.89. The molecule has 0 amide bonds. The Morgan fingerprint density at radius 1 is 0.682 bits per heavy atom. The van der Waals surface area contributed by atoms with Crippen LogP contribution in [0.25, 0.3) is 0 Å². The van der Waals surface area contributed by atoms with Crippen molar-refractivity contribution in [2.75, 3.05) is 14.1 Å². The smallest absolute Gasteiger partial charge is 0.196 e. The number of rotatable bonds is 2. The number of nitrogens with zero attached hydrogens (tertiary/aromatic N) is 4. The number of fused-ring (bicyclic) bond motifs is 2. The molecular weight excluding hydrogens is 280 g/mol. The van der Waals surface area contributed by atoms with Gasteiger partial charge in [0.2, 0.25) is 0 Å². The van der Waals surface area contributed by atoms with Gasteiger partial charge in [0.1, 0.15) is 0 Å². The molecule has 0 atom stereocenters. The minimum Gasteiger partial charge on any atom is -0.288 e. The first-order valence-corrected chi connectivity index (χ1v) is 6.64. The SMILES string of the molecule is CN=Nc1cccc2c1C(=O)c1cccc(N=NC)c1C2=O. The third kappa shape index (κ3) is 1.96. The average Bonchev–Trinajstić information content (AvgIpc) is 2.53. The number of ketones is 2. The van der Waals surface area contributed by atoms with E-state index in [1.54, 1.807) is 36.4 Å². The first kappa shape index (κ1) is 13.9. The van der Waals surface area contributed by atoms with Gasteiger partial charge in [-0.15, -0.1) is 0 Å². The highest BCUT2D eigenvalue weighted by Gasteiger charge is 2.33. The van der Waals surface area contributed by atoms with Crippen LogP contribution in [0.2, 0.25) is 0 Å². The molecule has 6 nitrogen and oxygen atoms in total. The molecule has 0 saturated heterocycles. The highest BCUT2D eigenvalue weighted by atomic mass is 16.1. The van der Waals surface area contributed by atoms with Crippen molar-refractivity contribution >= 4 is 22.9 Å². The Morgan fingerprint density at radius 2 is 1.09 bits per heavy atom. The molecule has 0 unspecified atom stereocenters. The second-order valence-corrected chi connectivity index (χ2v) is 4.66. The van der Waals surface area contributed by atoms with Gasteiger partial charge < -0.3 is 0 Å². The van der Waals surface area contributed by atoms with Gasteiger partial charge in [0.15, 0.2) is 11.6 Å². The molecule has 0 bridgehead atoms. The summed E-state index contributed by atoms with van der Waals surface area (Å²) in [6.07, 6.45) is 0. The molecule has 0 N–H and O–H groups in total. The van der Waals surface area contributed by atoms with Crippen LogP contribution in [0.3, 0.4) is 0 Å². The lowest BCUT2D eigenvalue weighted by Crippen LogP contribution is -2.21. The molecular formula is C16H12N4O2. The van der Waals surface area contributed by atoms with Crippen molar-refractivity contribution in [1.82, 2.24) is 0 Å². The standard InChI is InChI=1S/C16H12N4O2/c1-17-19-11-7-3-5-9-13(11)15(21)10-6-4-8-12(20-18-2)14(10)16(9)22/h3-8H,1-2H3. The van der Waals surface area contributed by atoms with Crippen molar-refractivity contribution in [3.63, 3.8) is 0 Å². The summed E-state index contributed by atoms with van der Waals surface area (Å²) in [4.78, 5) is 25.6. The Morgan fingerprint density at radius 3 is 1.45 bits per heavy atom. The van der Waals surface area contributed by atoms with Crippen LogP contribution in [0.1, 0.15) is 31.8 Å². The molecule has 3 rings (SSSR count). The zero-order valence-electron chi connectivity index (χ0n) is 12.1. The second-order valence-electron chi connectivity index (χ2n) is 4.66. The molecule has 108 valence electrons. The van der Waals surface area contributed by atoms with Crippen LogP contribution in [-0.2, 0) is 0 Å². The average molecular weight is 292 g/mol. The highest BCUT2D eigenvalue weighted by molar-refractivity contribution is 6.31. The summed E-state index contributed by atoms with van der Waals surface area (Å²) in [5.41, 5.74) is 2.01. The zero-order valence-corrected chi connectivity index (χ0v) is 12.1. The molecule has 0 aromatic heterocycles. The van der Waals surface area contributed by atoms with Crippen LogP contribution >= 0.6 is 0 Å². The molecule has 6 heteroatoms. The van der Waals surface area contributed by atoms with Crippen molar-refractivity contribution in [1.29, 1.82) is 0 Å². The van der Waals surface area contributed by atoms with Crippen LogP contribution < -0.4 is 0 Å². The molecule has 1 aliphatic carbocycles. The van der Waals surface area contributed by atoms with Gasteiger partial charge in [-0.2, -0.15) is 20.5 Å². The number of benzene rings is 2. The maximum atomic E-state index is 12.8. The molecule has 2 aromatic carbocycles. The zero-order chi connectivity index (χ0) is 15.7. The Bertz CT molecular complexity index is 782. The lowest BCUT2D eigenvalue weighted by molar-refractivity contribution is 0.0980. The third-order valence-electron chi connectivity index (χ3n) is 3.44. The van der Waals surface area contributed by atoms with E-state index in [2.05, 4.69) is 20.5 Å². The largest absolute Gasteiger partial charge is 0.288 e. The van der Waals surface area contributed by atoms with E-state index in [9.17, 15) is 9.59 Å². The Hall–Kier alpha value is -3.02. The maximum Gasteiger partial charge on any atom is 0.196 e. The fourth-order valence-corrected chi connectivity index (χ4v) is 2.59. The van der Waals surface area contributed by atoms with Gasteiger partial charge in [0.25, 0.3) is 0 Å². The first-order valence-electron chi connectivity index (χ1n) is 6.64. The van der Waals surface area contributed by atoms with E-state index in [-0.39, 0.29) is 22.7 Å². The van der Waals surface area contributed by atoms with Gasteiger partial charge in [-0.25, -0.2) is 0 Å². The topological polar surface area (TPSA) is 83.6 Å². The van der Waals surface area contributed by atoms with Crippen molar-refractivity contribution in [2.24, 2.45) is 20.5 Å². The van der Waals surface area contributed by atoms with E-state index in [4.69, 9.17) is 0 Å². The summed E-state index contributed by atoms with van der Waals surface area (Å²) in [6, 6.07) is 9.93.